The minimum atomic E-state index is -0.350. The fourth-order valence-electron chi connectivity index (χ4n) is 2.45. The van der Waals surface area contributed by atoms with Crippen LogP contribution in [-0.4, -0.2) is 12.5 Å². The average molecular weight is 256 g/mol. The molecule has 0 unspecified atom stereocenters. The van der Waals surface area contributed by atoms with E-state index in [0.717, 1.165) is 12.0 Å². The molecule has 0 fully saturated rings. The van der Waals surface area contributed by atoms with Crippen LogP contribution in [-0.2, 0) is 6.42 Å². The summed E-state index contributed by atoms with van der Waals surface area (Å²) in [5.41, 5.74) is 8.42. The maximum atomic E-state index is 13.3. The Morgan fingerprint density at radius 3 is 2.74 bits per heavy atom. The molecular weight excluding hydrogens is 243 g/mol. The molecule has 0 spiro atoms. The minimum absolute atomic E-state index is 0.162. The van der Waals surface area contributed by atoms with Crippen LogP contribution in [0, 0.1) is 5.82 Å². The van der Waals surface area contributed by atoms with Gasteiger partial charge in [-0.2, -0.15) is 0 Å². The number of fused-ring (bicyclic) bond motifs is 1. The van der Waals surface area contributed by atoms with Gasteiger partial charge in [-0.1, -0.05) is 18.2 Å². The second kappa shape index (κ2) is 4.39. The van der Waals surface area contributed by atoms with Crippen molar-refractivity contribution in [3.05, 3.63) is 59.4 Å². The first-order valence-electron chi connectivity index (χ1n) is 6.11. The first-order chi connectivity index (χ1) is 9.16. The lowest BCUT2D eigenvalue weighted by Gasteiger charge is -2.29. The smallest absolute Gasteiger partial charge is 0.260 e. The summed E-state index contributed by atoms with van der Waals surface area (Å²) in [5, 5.41) is 0. The van der Waals surface area contributed by atoms with Gasteiger partial charge in [-0.15, -0.1) is 0 Å². The van der Waals surface area contributed by atoms with Crippen molar-refractivity contribution in [1.82, 2.24) is 0 Å². The molecule has 96 valence electrons. The molecule has 2 aromatic carbocycles. The summed E-state index contributed by atoms with van der Waals surface area (Å²) in [6.45, 7) is 0.540. The summed E-state index contributed by atoms with van der Waals surface area (Å²) in [6, 6.07) is 11.5. The van der Waals surface area contributed by atoms with Gasteiger partial charge in [0.25, 0.3) is 5.91 Å². The van der Waals surface area contributed by atoms with Crippen molar-refractivity contribution in [1.29, 1.82) is 0 Å². The topological polar surface area (TPSA) is 46.3 Å². The molecular formula is C15H13FN2O. The van der Waals surface area contributed by atoms with Crippen molar-refractivity contribution in [2.75, 3.05) is 17.2 Å². The van der Waals surface area contributed by atoms with Gasteiger partial charge in [0.15, 0.2) is 0 Å². The molecule has 3 nitrogen and oxygen atoms in total. The number of hydrogen-bond acceptors (Lipinski definition) is 2. The van der Waals surface area contributed by atoms with Crippen LogP contribution < -0.4 is 10.6 Å². The molecule has 0 saturated carbocycles. The molecule has 1 aliphatic rings. The minimum Gasteiger partial charge on any atom is -0.398 e. The van der Waals surface area contributed by atoms with E-state index in [0.29, 0.717) is 23.5 Å². The molecule has 0 radical (unpaired) electrons. The van der Waals surface area contributed by atoms with E-state index in [1.165, 1.54) is 12.1 Å². The molecule has 0 atom stereocenters. The fraction of sp³-hybridized carbons (Fsp3) is 0.133. The van der Waals surface area contributed by atoms with Crippen LogP contribution in [0.1, 0.15) is 15.9 Å². The summed E-state index contributed by atoms with van der Waals surface area (Å²) < 4.78 is 13.3. The number of nitrogens with two attached hydrogens (primary N) is 1. The number of anilines is 2. The van der Waals surface area contributed by atoms with E-state index in [1.807, 2.05) is 12.1 Å². The second-order valence-electron chi connectivity index (χ2n) is 4.57. The van der Waals surface area contributed by atoms with E-state index in [1.54, 1.807) is 23.1 Å². The molecule has 4 heteroatoms. The SMILES string of the molecule is Nc1cccc2c1C(=O)N(c1cccc(F)c1)CC2. The van der Waals surface area contributed by atoms with Gasteiger partial charge >= 0.3 is 0 Å². The molecule has 0 aromatic heterocycles. The predicted octanol–water partition coefficient (Wildman–Crippen LogP) is 2.61. The summed E-state index contributed by atoms with van der Waals surface area (Å²) in [6.07, 6.45) is 0.725. The van der Waals surface area contributed by atoms with E-state index in [2.05, 4.69) is 0 Å². The van der Waals surface area contributed by atoms with Gasteiger partial charge < -0.3 is 10.6 Å². The summed E-state index contributed by atoms with van der Waals surface area (Å²) >= 11 is 0. The number of amides is 1. The Morgan fingerprint density at radius 2 is 1.95 bits per heavy atom. The maximum absolute atomic E-state index is 13.3. The molecule has 2 aromatic rings. The quantitative estimate of drug-likeness (QED) is 0.797. The number of carbonyl (C=O) groups is 1. The number of halogens is 1. The fourth-order valence-corrected chi connectivity index (χ4v) is 2.45. The molecule has 0 bridgehead atoms. The maximum Gasteiger partial charge on any atom is 0.260 e. The van der Waals surface area contributed by atoms with Gasteiger partial charge in [-0.3, -0.25) is 4.79 Å². The molecule has 3 rings (SSSR count). The lowest BCUT2D eigenvalue weighted by Crippen LogP contribution is -2.38. The Kier molecular flexibility index (Phi) is 2.71. The third-order valence-electron chi connectivity index (χ3n) is 3.37. The van der Waals surface area contributed by atoms with E-state index in [-0.39, 0.29) is 11.7 Å². The van der Waals surface area contributed by atoms with Crippen LogP contribution in [0.3, 0.4) is 0 Å². The number of nitrogens with zero attached hydrogens (tertiary/aromatic N) is 1. The second-order valence-corrected chi connectivity index (χ2v) is 4.57. The van der Waals surface area contributed by atoms with Crippen LogP contribution in [0.4, 0.5) is 15.8 Å². The summed E-state index contributed by atoms with van der Waals surface area (Å²) in [5.74, 6) is -0.512. The number of rotatable bonds is 1. The molecule has 2 N–H and O–H groups in total. The highest BCUT2D eigenvalue weighted by Gasteiger charge is 2.27. The van der Waals surface area contributed by atoms with E-state index >= 15 is 0 Å². The van der Waals surface area contributed by atoms with Crippen molar-refractivity contribution >= 4 is 17.3 Å². The summed E-state index contributed by atoms with van der Waals surface area (Å²) in [4.78, 5) is 14.0. The Morgan fingerprint density at radius 1 is 1.16 bits per heavy atom. The van der Waals surface area contributed by atoms with E-state index in [9.17, 15) is 9.18 Å². The lowest BCUT2D eigenvalue weighted by molar-refractivity contribution is 0.0981. The molecule has 0 saturated heterocycles. The van der Waals surface area contributed by atoms with E-state index in [4.69, 9.17) is 5.73 Å². The van der Waals surface area contributed by atoms with Gasteiger partial charge in [-0.25, -0.2) is 4.39 Å². The van der Waals surface area contributed by atoms with Crippen LogP contribution in [0.2, 0.25) is 0 Å². The third kappa shape index (κ3) is 1.95. The van der Waals surface area contributed by atoms with Crippen molar-refractivity contribution in [3.8, 4) is 0 Å². The number of nitrogen functional groups attached to an aromatic ring is 1. The molecule has 19 heavy (non-hydrogen) atoms. The molecule has 1 aliphatic heterocycles. The Labute approximate surface area is 110 Å². The highest BCUT2D eigenvalue weighted by atomic mass is 19.1. The van der Waals surface area contributed by atoms with Crippen molar-refractivity contribution < 1.29 is 9.18 Å². The number of carbonyl (C=O) groups excluding carboxylic acids is 1. The Balaban J connectivity index is 2.04. The van der Waals surface area contributed by atoms with Crippen molar-refractivity contribution in [2.24, 2.45) is 0 Å². The monoisotopic (exact) mass is 256 g/mol. The van der Waals surface area contributed by atoms with Gasteiger partial charge in [0.2, 0.25) is 0 Å². The molecule has 1 heterocycles. The van der Waals surface area contributed by atoms with Crippen LogP contribution in [0.25, 0.3) is 0 Å². The predicted molar refractivity (Wildman–Crippen MR) is 72.6 cm³/mol. The number of hydrogen-bond donors (Lipinski definition) is 1. The third-order valence-corrected chi connectivity index (χ3v) is 3.37. The molecule has 1 amide bonds. The van der Waals surface area contributed by atoms with Crippen molar-refractivity contribution in [3.63, 3.8) is 0 Å². The average Bonchev–Trinajstić information content (AvgIpc) is 2.39. The van der Waals surface area contributed by atoms with Crippen LogP contribution >= 0.6 is 0 Å². The van der Waals surface area contributed by atoms with Crippen LogP contribution in [0.15, 0.2) is 42.5 Å². The standard InChI is InChI=1S/C15H13FN2O/c16-11-4-2-5-12(9-11)18-8-7-10-3-1-6-13(17)14(10)15(18)19/h1-6,9H,7-8,17H2. The Hall–Kier alpha value is -2.36. The van der Waals surface area contributed by atoms with Gasteiger partial charge in [0, 0.05) is 17.9 Å². The van der Waals surface area contributed by atoms with Gasteiger partial charge in [0.1, 0.15) is 5.82 Å². The Bertz CT molecular complexity index is 654. The lowest BCUT2D eigenvalue weighted by atomic mass is 9.97. The zero-order valence-electron chi connectivity index (χ0n) is 10.3. The number of benzene rings is 2. The van der Waals surface area contributed by atoms with Gasteiger partial charge in [0.05, 0.1) is 5.56 Å². The normalized spacial score (nSPS) is 14.4. The highest BCUT2D eigenvalue weighted by Crippen LogP contribution is 2.28. The van der Waals surface area contributed by atoms with Crippen molar-refractivity contribution in [2.45, 2.75) is 6.42 Å². The van der Waals surface area contributed by atoms with Crippen LogP contribution in [0.5, 0.6) is 0 Å². The molecule has 0 aliphatic carbocycles. The largest absolute Gasteiger partial charge is 0.398 e. The highest BCUT2D eigenvalue weighted by molar-refractivity contribution is 6.11. The zero-order chi connectivity index (χ0) is 13.4. The zero-order valence-corrected chi connectivity index (χ0v) is 10.3. The van der Waals surface area contributed by atoms with E-state index < -0.39 is 0 Å². The first-order valence-corrected chi connectivity index (χ1v) is 6.11. The first kappa shape index (κ1) is 11.7. The summed E-state index contributed by atoms with van der Waals surface area (Å²) in [7, 11) is 0. The van der Waals surface area contributed by atoms with Gasteiger partial charge in [-0.05, 0) is 36.2 Å².